The van der Waals surface area contributed by atoms with E-state index in [1.807, 2.05) is 6.07 Å². The number of halogens is 7. The van der Waals surface area contributed by atoms with Gasteiger partial charge in [-0.3, -0.25) is 0 Å². The average Bonchev–Trinajstić information content (AvgIpc) is 2.87. The Morgan fingerprint density at radius 1 is 0.973 bits per heavy atom. The first-order valence-corrected chi connectivity index (χ1v) is 10.8. The summed E-state index contributed by atoms with van der Waals surface area (Å²) in [7, 11) is 0. The van der Waals surface area contributed by atoms with E-state index in [0.717, 1.165) is 0 Å². The first-order valence-electron chi connectivity index (χ1n) is 10.0. The molecule has 0 amide bonds. The van der Waals surface area contributed by atoms with Crippen LogP contribution in [0.4, 0.5) is 22.0 Å². The van der Waals surface area contributed by atoms with E-state index in [0.29, 0.717) is 16.1 Å². The first kappa shape index (κ1) is 26.1. The molecule has 13 heteroatoms. The van der Waals surface area contributed by atoms with Crippen molar-refractivity contribution in [1.82, 2.24) is 0 Å². The van der Waals surface area contributed by atoms with E-state index in [1.54, 1.807) is 18.2 Å². The molecule has 0 radical (unpaired) electrons. The van der Waals surface area contributed by atoms with Crippen molar-refractivity contribution in [3.8, 4) is 23.3 Å². The number of allylic oxidation sites excluding steroid dienone is 1. The van der Waals surface area contributed by atoms with Crippen LogP contribution in [0.1, 0.15) is 17.0 Å². The van der Waals surface area contributed by atoms with Crippen molar-refractivity contribution in [2.75, 3.05) is 6.61 Å². The summed E-state index contributed by atoms with van der Waals surface area (Å²) in [4.78, 5) is 12.1. The number of ether oxygens (including phenoxy) is 3. The number of fused-ring (bicyclic) bond motifs is 1. The minimum Gasteiger partial charge on any atom is -0.476 e. The monoisotopic (exact) mass is 556 g/mol. The lowest BCUT2D eigenvalue weighted by atomic mass is 9.83. The maximum Gasteiger partial charge on any atom is 0.349 e. The number of benzene rings is 3. The van der Waals surface area contributed by atoms with Gasteiger partial charge in [-0.15, -0.1) is 0 Å². The molecule has 1 aliphatic heterocycles. The van der Waals surface area contributed by atoms with Crippen LogP contribution in [0.25, 0.3) is 0 Å². The highest BCUT2D eigenvalue weighted by atomic mass is 35.5. The summed E-state index contributed by atoms with van der Waals surface area (Å²) < 4.78 is 82.2. The number of esters is 1. The summed E-state index contributed by atoms with van der Waals surface area (Å²) in [5.74, 6) is -15.1. The van der Waals surface area contributed by atoms with Gasteiger partial charge >= 0.3 is 5.97 Å². The van der Waals surface area contributed by atoms with E-state index in [4.69, 9.17) is 38.4 Å². The smallest absolute Gasteiger partial charge is 0.349 e. The van der Waals surface area contributed by atoms with Crippen LogP contribution in [0, 0.1) is 40.4 Å². The number of carbonyl (C=O) groups is 1. The largest absolute Gasteiger partial charge is 0.476 e. The molecule has 0 spiro atoms. The van der Waals surface area contributed by atoms with Gasteiger partial charge in [0.1, 0.15) is 23.1 Å². The molecule has 1 atom stereocenters. The van der Waals surface area contributed by atoms with Crippen molar-refractivity contribution in [3.63, 3.8) is 0 Å². The Morgan fingerprint density at radius 3 is 2.24 bits per heavy atom. The molecule has 190 valence electrons. The Morgan fingerprint density at radius 2 is 1.62 bits per heavy atom. The SMILES string of the molecule is N#CC1=C(N)Oc2cc(OC(=O)COc3c(F)c(F)c(F)c(F)c3F)ccc2C1c1ccc(Cl)c(Cl)c1. The van der Waals surface area contributed by atoms with Crippen LogP contribution < -0.4 is 19.9 Å². The maximum absolute atomic E-state index is 13.7. The van der Waals surface area contributed by atoms with Gasteiger partial charge < -0.3 is 19.9 Å². The minimum atomic E-state index is -2.37. The predicted molar refractivity (Wildman–Crippen MR) is 120 cm³/mol. The lowest BCUT2D eigenvalue weighted by Crippen LogP contribution is -2.22. The summed E-state index contributed by atoms with van der Waals surface area (Å²) in [5, 5.41) is 10.2. The van der Waals surface area contributed by atoms with Crippen LogP contribution in [0.15, 0.2) is 47.9 Å². The summed E-state index contributed by atoms with van der Waals surface area (Å²) in [5.41, 5.74) is 7.03. The van der Waals surface area contributed by atoms with E-state index in [2.05, 4.69) is 4.74 Å². The lowest BCUT2D eigenvalue weighted by Gasteiger charge is -2.27. The molecule has 0 saturated heterocycles. The van der Waals surface area contributed by atoms with Gasteiger partial charge in [-0.1, -0.05) is 35.3 Å². The van der Waals surface area contributed by atoms with Crippen molar-refractivity contribution in [1.29, 1.82) is 5.26 Å². The zero-order valence-electron chi connectivity index (χ0n) is 18.1. The summed E-state index contributed by atoms with van der Waals surface area (Å²) in [6.07, 6.45) is 0. The average molecular weight is 557 g/mol. The molecule has 3 aromatic rings. The van der Waals surface area contributed by atoms with Gasteiger partial charge in [0.05, 0.1) is 16.0 Å². The van der Waals surface area contributed by atoms with Crippen molar-refractivity contribution in [3.05, 3.63) is 98.1 Å². The second kappa shape index (κ2) is 10.2. The number of hydrogen-bond donors (Lipinski definition) is 1. The molecule has 37 heavy (non-hydrogen) atoms. The number of nitrogens with zero attached hydrogens (tertiary/aromatic N) is 1. The van der Waals surface area contributed by atoms with Gasteiger partial charge in [0.2, 0.25) is 35.0 Å². The lowest BCUT2D eigenvalue weighted by molar-refractivity contribution is -0.136. The highest BCUT2D eigenvalue weighted by Crippen LogP contribution is 2.44. The highest BCUT2D eigenvalue weighted by Gasteiger charge is 2.32. The summed E-state index contributed by atoms with van der Waals surface area (Å²) >= 11 is 12.1. The van der Waals surface area contributed by atoms with Crippen molar-refractivity contribution in [2.45, 2.75) is 5.92 Å². The molecule has 3 aromatic carbocycles. The van der Waals surface area contributed by atoms with Crippen LogP contribution in [0.3, 0.4) is 0 Å². The third-order valence-corrected chi connectivity index (χ3v) is 5.94. The molecule has 0 aromatic heterocycles. The second-order valence-corrected chi connectivity index (χ2v) is 8.27. The summed E-state index contributed by atoms with van der Waals surface area (Å²) in [6.45, 7) is -1.19. The molecule has 0 aliphatic carbocycles. The molecule has 0 saturated carbocycles. The third kappa shape index (κ3) is 4.85. The standard InChI is InChI=1S/C24H11Cl2F5N2O4/c25-13-4-1-9(5-14(13)26)17-11-3-2-10(6-15(11)37-24(33)12(17)7-32)36-16(34)8-35-23-21(30)19(28)18(27)20(29)22(23)31/h1-6,17H,8,33H2. The van der Waals surface area contributed by atoms with Crippen LogP contribution in [-0.4, -0.2) is 12.6 Å². The Balaban J connectivity index is 1.57. The number of rotatable bonds is 5. The molecule has 1 heterocycles. The van der Waals surface area contributed by atoms with Gasteiger partial charge in [-0.2, -0.15) is 14.0 Å². The predicted octanol–water partition coefficient (Wildman–Crippen LogP) is 5.89. The topological polar surface area (TPSA) is 94.6 Å². The molecule has 1 unspecified atom stereocenters. The Bertz CT molecular complexity index is 1490. The fraction of sp³-hybridized carbons (Fsp3) is 0.0833. The van der Waals surface area contributed by atoms with E-state index >= 15 is 0 Å². The molecule has 1 aliphatic rings. The van der Waals surface area contributed by atoms with Crippen LogP contribution in [0.2, 0.25) is 10.0 Å². The van der Waals surface area contributed by atoms with Gasteiger partial charge in [0, 0.05) is 11.6 Å². The van der Waals surface area contributed by atoms with Crippen molar-refractivity contribution < 1.29 is 41.0 Å². The number of nitrogens with two attached hydrogens (primary N) is 1. The van der Waals surface area contributed by atoms with Gasteiger partial charge in [0.25, 0.3) is 0 Å². The Kier molecular flexibility index (Phi) is 7.16. The first-order chi connectivity index (χ1) is 17.5. The quantitative estimate of drug-likeness (QED) is 0.138. The summed E-state index contributed by atoms with van der Waals surface area (Å²) in [6, 6.07) is 10.8. The molecule has 6 nitrogen and oxygen atoms in total. The fourth-order valence-electron chi connectivity index (χ4n) is 3.54. The zero-order valence-corrected chi connectivity index (χ0v) is 19.6. The molecule has 0 fully saturated rings. The highest BCUT2D eigenvalue weighted by molar-refractivity contribution is 6.42. The molecule has 0 bridgehead atoms. The number of carbonyl (C=O) groups excluding carboxylic acids is 1. The minimum absolute atomic E-state index is 0.0897. The molecule has 4 rings (SSSR count). The second-order valence-electron chi connectivity index (χ2n) is 7.46. The number of hydrogen-bond acceptors (Lipinski definition) is 6. The Labute approximate surface area is 215 Å². The van der Waals surface area contributed by atoms with E-state index in [-0.39, 0.29) is 28.0 Å². The van der Waals surface area contributed by atoms with Crippen LogP contribution >= 0.6 is 23.2 Å². The third-order valence-electron chi connectivity index (χ3n) is 5.20. The van der Waals surface area contributed by atoms with Gasteiger partial charge in [-0.05, 0) is 23.8 Å². The van der Waals surface area contributed by atoms with Gasteiger partial charge in [0.15, 0.2) is 12.4 Å². The van der Waals surface area contributed by atoms with E-state index in [9.17, 15) is 32.0 Å². The van der Waals surface area contributed by atoms with Gasteiger partial charge in [-0.25, -0.2) is 18.0 Å². The normalized spacial score (nSPS) is 14.5. The van der Waals surface area contributed by atoms with Crippen LogP contribution in [-0.2, 0) is 4.79 Å². The van der Waals surface area contributed by atoms with Crippen LogP contribution in [0.5, 0.6) is 17.2 Å². The van der Waals surface area contributed by atoms with E-state index < -0.39 is 53.3 Å². The molecule has 2 N–H and O–H groups in total. The fourth-order valence-corrected chi connectivity index (χ4v) is 3.84. The van der Waals surface area contributed by atoms with Crippen molar-refractivity contribution >= 4 is 29.2 Å². The Hall–Kier alpha value is -4.01. The molecular formula is C24H11Cl2F5N2O4. The van der Waals surface area contributed by atoms with Crippen molar-refractivity contribution in [2.24, 2.45) is 5.73 Å². The molecular weight excluding hydrogens is 546 g/mol. The number of nitriles is 1. The zero-order chi connectivity index (χ0) is 27.0. The van der Waals surface area contributed by atoms with E-state index in [1.165, 1.54) is 18.2 Å². The maximum atomic E-state index is 13.7.